The highest BCUT2D eigenvalue weighted by Gasteiger charge is 2.27. The number of anilines is 1. The van der Waals surface area contributed by atoms with Crippen LogP contribution in [-0.2, 0) is 11.2 Å². The summed E-state index contributed by atoms with van der Waals surface area (Å²) < 4.78 is 1.76. The van der Waals surface area contributed by atoms with Gasteiger partial charge in [-0.1, -0.05) is 24.6 Å². The number of hydrogen-bond donors (Lipinski definition) is 2. The van der Waals surface area contributed by atoms with Gasteiger partial charge in [0.2, 0.25) is 0 Å². The molecule has 26 heavy (non-hydrogen) atoms. The van der Waals surface area contributed by atoms with Crippen molar-refractivity contribution in [1.29, 1.82) is 0 Å². The third-order valence-electron chi connectivity index (χ3n) is 4.63. The van der Waals surface area contributed by atoms with Crippen molar-refractivity contribution in [1.82, 2.24) is 14.7 Å². The van der Waals surface area contributed by atoms with E-state index in [1.165, 1.54) is 0 Å². The molecule has 2 aromatic rings. The smallest absolute Gasteiger partial charge is 0.321 e. The highest BCUT2D eigenvalue weighted by molar-refractivity contribution is 6.30. The summed E-state index contributed by atoms with van der Waals surface area (Å²) in [6, 6.07) is 7.14. The van der Waals surface area contributed by atoms with Gasteiger partial charge in [0, 0.05) is 18.1 Å². The summed E-state index contributed by atoms with van der Waals surface area (Å²) in [5.74, 6) is -1.16. The standard InChI is InChI=1S/C18H21ClN4O3/c1-2-16-15(11-20-23(16)14-5-3-4-13(19)10-14)21-18(26)22-8-6-12(7-9-22)17(24)25/h3-5,10-12H,2,6-9H2,1H3,(H,21,26)(H,24,25). The molecule has 0 atom stereocenters. The number of nitrogens with one attached hydrogen (secondary N) is 1. The van der Waals surface area contributed by atoms with E-state index in [1.54, 1.807) is 21.8 Å². The lowest BCUT2D eigenvalue weighted by Crippen LogP contribution is -2.42. The van der Waals surface area contributed by atoms with Crippen LogP contribution in [0.4, 0.5) is 10.5 Å². The van der Waals surface area contributed by atoms with Crippen LogP contribution >= 0.6 is 11.6 Å². The maximum Gasteiger partial charge on any atom is 0.321 e. The summed E-state index contributed by atoms with van der Waals surface area (Å²) in [6.07, 6.45) is 3.27. The molecule has 1 aromatic carbocycles. The Bertz CT molecular complexity index is 813. The fourth-order valence-corrected chi connectivity index (χ4v) is 3.36. The molecule has 1 aromatic heterocycles. The van der Waals surface area contributed by atoms with Crippen LogP contribution in [0.3, 0.4) is 0 Å². The summed E-state index contributed by atoms with van der Waals surface area (Å²) >= 11 is 6.06. The number of amides is 2. The predicted molar refractivity (Wildman–Crippen MR) is 98.9 cm³/mol. The van der Waals surface area contributed by atoms with Crippen LogP contribution in [0.25, 0.3) is 5.69 Å². The van der Waals surface area contributed by atoms with Crippen molar-refractivity contribution in [2.24, 2.45) is 5.92 Å². The van der Waals surface area contributed by atoms with Gasteiger partial charge in [-0.25, -0.2) is 9.48 Å². The lowest BCUT2D eigenvalue weighted by Gasteiger charge is -2.30. The average Bonchev–Trinajstić information content (AvgIpc) is 3.04. The Morgan fingerprint density at radius 2 is 2.08 bits per heavy atom. The number of aromatic nitrogens is 2. The van der Waals surface area contributed by atoms with Gasteiger partial charge in [0.25, 0.3) is 0 Å². The molecule has 1 aliphatic rings. The van der Waals surface area contributed by atoms with Gasteiger partial charge in [-0.3, -0.25) is 4.79 Å². The third-order valence-corrected chi connectivity index (χ3v) is 4.86. The van der Waals surface area contributed by atoms with Crippen molar-refractivity contribution < 1.29 is 14.7 Å². The minimum absolute atomic E-state index is 0.228. The topological polar surface area (TPSA) is 87.5 Å². The van der Waals surface area contributed by atoms with Crippen LogP contribution in [0.1, 0.15) is 25.5 Å². The van der Waals surface area contributed by atoms with Crippen LogP contribution < -0.4 is 5.32 Å². The molecule has 2 amide bonds. The van der Waals surface area contributed by atoms with Crippen molar-refractivity contribution in [2.45, 2.75) is 26.2 Å². The van der Waals surface area contributed by atoms with E-state index in [4.69, 9.17) is 16.7 Å². The van der Waals surface area contributed by atoms with E-state index in [1.807, 2.05) is 25.1 Å². The number of carboxylic acid groups (broad SMARTS) is 1. The fourth-order valence-electron chi connectivity index (χ4n) is 3.17. The van der Waals surface area contributed by atoms with Gasteiger partial charge >= 0.3 is 12.0 Å². The normalized spacial score (nSPS) is 15.1. The van der Waals surface area contributed by atoms with Crippen molar-refractivity contribution >= 4 is 29.3 Å². The average molecular weight is 377 g/mol. The maximum atomic E-state index is 12.5. The van der Waals surface area contributed by atoms with Crippen LogP contribution in [0.2, 0.25) is 5.02 Å². The SMILES string of the molecule is CCc1c(NC(=O)N2CCC(C(=O)O)CC2)cnn1-c1cccc(Cl)c1. The van der Waals surface area contributed by atoms with Crippen LogP contribution in [-0.4, -0.2) is 44.9 Å². The highest BCUT2D eigenvalue weighted by Crippen LogP contribution is 2.23. The van der Waals surface area contributed by atoms with Crippen LogP contribution in [0, 0.1) is 5.92 Å². The first-order valence-electron chi connectivity index (χ1n) is 8.61. The molecule has 0 radical (unpaired) electrons. The number of hydrogen-bond acceptors (Lipinski definition) is 3. The molecule has 0 bridgehead atoms. The molecule has 0 unspecified atom stereocenters. The number of carbonyl (C=O) groups excluding carboxylic acids is 1. The van der Waals surface area contributed by atoms with Crippen molar-refractivity contribution in [3.8, 4) is 5.69 Å². The molecule has 0 saturated carbocycles. The summed E-state index contributed by atoms with van der Waals surface area (Å²) in [6.45, 7) is 2.87. The van der Waals surface area contributed by atoms with E-state index in [9.17, 15) is 9.59 Å². The fraction of sp³-hybridized carbons (Fsp3) is 0.389. The highest BCUT2D eigenvalue weighted by atomic mass is 35.5. The molecule has 0 spiro atoms. The number of likely N-dealkylation sites (tertiary alicyclic amines) is 1. The molecule has 2 N–H and O–H groups in total. The zero-order valence-electron chi connectivity index (χ0n) is 14.5. The Balaban J connectivity index is 1.72. The molecule has 1 fully saturated rings. The third kappa shape index (κ3) is 3.83. The number of benzene rings is 1. The number of aliphatic carboxylic acids is 1. The van der Waals surface area contributed by atoms with E-state index in [2.05, 4.69) is 10.4 Å². The lowest BCUT2D eigenvalue weighted by atomic mass is 9.97. The second kappa shape index (κ2) is 7.78. The van der Waals surface area contributed by atoms with Gasteiger partial charge in [0.1, 0.15) is 0 Å². The predicted octanol–water partition coefficient (Wildman–Crippen LogP) is 3.42. The lowest BCUT2D eigenvalue weighted by molar-refractivity contribution is -0.143. The Kier molecular flexibility index (Phi) is 5.46. The first-order valence-corrected chi connectivity index (χ1v) is 8.99. The Morgan fingerprint density at radius 3 is 2.69 bits per heavy atom. The second-order valence-electron chi connectivity index (χ2n) is 6.28. The van der Waals surface area contributed by atoms with E-state index in [-0.39, 0.29) is 11.9 Å². The number of rotatable bonds is 4. The zero-order chi connectivity index (χ0) is 18.7. The number of urea groups is 1. The quantitative estimate of drug-likeness (QED) is 0.855. The number of nitrogens with zero attached hydrogens (tertiary/aromatic N) is 3. The van der Waals surface area contributed by atoms with E-state index in [0.29, 0.717) is 43.1 Å². The van der Waals surface area contributed by atoms with Crippen molar-refractivity contribution in [3.63, 3.8) is 0 Å². The number of halogens is 1. The van der Waals surface area contributed by atoms with Gasteiger partial charge < -0.3 is 15.3 Å². The van der Waals surface area contributed by atoms with Crippen LogP contribution in [0.5, 0.6) is 0 Å². The Hall–Kier alpha value is -2.54. The molecule has 3 rings (SSSR count). The molecule has 138 valence electrons. The van der Waals surface area contributed by atoms with Gasteiger partial charge in [0.05, 0.1) is 29.2 Å². The first-order chi connectivity index (χ1) is 12.5. The van der Waals surface area contributed by atoms with E-state index in [0.717, 1.165) is 11.4 Å². The van der Waals surface area contributed by atoms with E-state index < -0.39 is 5.97 Å². The zero-order valence-corrected chi connectivity index (χ0v) is 15.2. The minimum atomic E-state index is -0.791. The summed E-state index contributed by atoms with van der Waals surface area (Å²) in [4.78, 5) is 25.2. The summed E-state index contributed by atoms with van der Waals surface area (Å²) in [5, 5.41) is 17.0. The van der Waals surface area contributed by atoms with E-state index >= 15 is 0 Å². The van der Waals surface area contributed by atoms with Gasteiger partial charge in [-0.2, -0.15) is 5.10 Å². The summed E-state index contributed by atoms with van der Waals surface area (Å²) in [5.41, 5.74) is 2.36. The molecule has 0 aliphatic carbocycles. The van der Waals surface area contributed by atoms with Crippen molar-refractivity contribution in [3.05, 3.63) is 41.2 Å². The maximum absolute atomic E-state index is 12.5. The van der Waals surface area contributed by atoms with Crippen molar-refractivity contribution in [2.75, 3.05) is 18.4 Å². The number of carbonyl (C=O) groups is 2. The Morgan fingerprint density at radius 1 is 1.35 bits per heavy atom. The minimum Gasteiger partial charge on any atom is -0.481 e. The summed E-state index contributed by atoms with van der Waals surface area (Å²) in [7, 11) is 0. The molecule has 8 heteroatoms. The first kappa shape index (κ1) is 18.3. The monoisotopic (exact) mass is 376 g/mol. The van der Waals surface area contributed by atoms with Gasteiger partial charge in [-0.15, -0.1) is 0 Å². The van der Waals surface area contributed by atoms with Crippen LogP contribution in [0.15, 0.2) is 30.5 Å². The molecular weight excluding hydrogens is 356 g/mol. The molecule has 1 saturated heterocycles. The largest absolute Gasteiger partial charge is 0.481 e. The van der Waals surface area contributed by atoms with Gasteiger partial charge in [0.15, 0.2) is 0 Å². The molecular formula is C18H21ClN4O3. The molecule has 1 aliphatic heterocycles. The molecule has 2 heterocycles. The number of piperidine rings is 1. The van der Waals surface area contributed by atoms with Gasteiger partial charge in [-0.05, 0) is 37.5 Å². The number of carboxylic acids is 1. The Labute approximate surface area is 156 Å². The molecule has 7 nitrogen and oxygen atoms in total. The second-order valence-corrected chi connectivity index (χ2v) is 6.72.